The molecule has 1 aliphatic rings. The van der Waals surface area contributed by atoms with Gasteiger partial charge in [-0.2, -0.15) is 0 Å². The van der Waals surface area contributed by atoms with E-state index >= 15 is 0 Å². The molecule has 0 saturated carbocycles. The van der Waals surface area contributed by atoms with Crippen LogP contribution in [0.5, 0.6) is 0 Å². The zero-order valence-corrected chi connectivity index (χ0v) is 17.2. The highest BCUT2D eigenvalue weighted by atomic mass is 31.1. The van der Waals surface area contributed by atoms with Crippen molar-refractivity contribution in [1.82, 2.24) is 0 Å². The van der Waals surface area contributed by atoms with Crippen molar-refractivity contribution in [1.29, 1.82) is 0 Å². The molecule has 25 heavy (non-hydrogen) atoms. The van der Waals surface area contributed by atoms with Gasteiger partial charge in [0.05, 0.1) is 0 Å². The highest BCUT2D eigenvalue weighted by Crippen LogP contribution is 2.45. The molecular weight excluding hydrogens is 319 g/mol. The van der Waals surface area contributed by atoms with Crippen LogP contribution >= 0.6 is 7.92 Å². The third-order valence-electron chi connectivity index (χ3n) is 4.76. The van der Waals surface area contributed by atoms with E-state index in [-0.39, 0.29) is 0 Å². The van der Waals surface area contributed by atoms with E-state index in [1.54, 1.807) is 0 Å². The molecule has 2 aromatic rings. The lowest BCUT2D eigenvalue weighted by atomic mass is 10.0. The topological polar surface area (TPSA) is 0 Å². The van der Waals surface area contributed by atoms with Crippen LogP contribution in [0.3, 0.4) is 0 Å². The van der Waals surface area contributed by atoms with E-state index in [4.69, 9.17) is 0 Å². The molecule has 0 saturated heterocycles. The van der Waals surface area contributed by atoms with Crippen LogP contribution in [-0.2, 0) is 0 Å². The maximum Gasteiger partial charge on any atom is 0.00935 e. The van der Waals surface area contributed by atoms with E-state index in [9.17, 15) is 0 Å². The summed E-state index contributed by atoms with van der Waals surface area (Å²) < 4.78 is 0. The fourth-order valence-corrected chi connectivity index (χ4v) is 7.35. The summed E-state index contributed by atoms with van der Waals surface area (Å²) in [7, 11) is -0.404. The Morgan fingerprint density at radius 3 is 1.52 bits per heavy atom. The first-order chi connectivity index (χ1) is 11.8. The predicted octanol–water partition coefficient (Wildman–Crippen LogP) is 6.02. The minimum atomic E-state index is -0.404. The van der Waals surface area contributed by atoms with Crippen LogP contribution in [-0.4, -0.2) is 5.66 Å². The number of hydrogen-bond acceptors (Lipinski definition) is 0. The fourth-order valence-electron chi connectivity index (χ4n) is 4.07. The first-order valence-electron chi connectivity index (χ1n) is 9.13. The van der Waals surface area contributed by atoms with Crippen molar-refractivity contribution in [3.05, 3.63) is 82.0 Å². The van der Waals surface area contributed by atoms with Crippen LogP contribution < -0.4 is 10.6 Å². The minimum absolute atomic E-state index is 0.404. The molecule has 0 bridgehead atoms. The number of benzene rings is 2. The fraction of sp³-hybridized carbons (Fsp3) is 0.333. The quantitative estimate of drug-likeness (QED) is 0.595. The Morgan fingerprint density at radius 1 is 0.680 bits per heavy atom. The van der Waals surface area contributed by atoms with Gasteiger partial charge in [-0.1, -0.05) is 82.0 Å². The molecule has 0 aliphatic heterocycles. The van der Waals surface area contributed by atoms with Crippen molar-refractivity contribution in [2.45, 2.75) is 53.6 Å². The molecule has 1 heteroatoms. The van der Waals surface area contributed by atoms with Gasteiger partial charge in [0.2, 0.25) is 0 Å². The molecule has 0 N–H and O–H groups in total. The van der Waals surface area contributed by atoms with Crippen LogP contribution in [0.1, 0.15) is 42.5 Å². The number of aryl methyl sites for hydroxylation is 4. The normalized spacial score (nSPS) is 17.5. The number of allylic oxidation sites excluding steroid dienone is 4. The highest BCUT2D eigenvalue weighted by Gasteiger charge is 2.26. The van der Waals surface area contributed by atoms with Crippen LogP contribution in [0.25, 0.3) is 0 Å². The summed E-state index contributed by atoms with van der Waals surface area (Å²) >= 11 is 0. The number of hydrogen-bond donors (Lipinski definition) is 0. The molecule has 130 valence electrons. The van der Waals surface area contributed by atoms with Crippen LogP contribution in [0, 0.1) is 27.7 Å². The van der Waals surface area contributed by atoms with Crippen LogP contribution in [0.15, 0.2) is 59.7 Å². The molecule has 0 radical (unpaired) electrons. The molecule has 0 amide bonds. The van der Waals surface area contributed by atoms with Gasteiger partial charge in [0.25, 0.3) is 0 Å². The Hall–Kier alpha value is -1.65. The van der Waals surface area contributed by atoms with E-state index in [1.165, 1.54) is 50.4 Å². The maximum atomic E-state index is 2.51. The van der Waals surface area contributed by atoms with Gasteiger partial charge in [0.1, 0.15) is 0 Å². The molecule has 2 aromatic carbocycles. The van der Waals surface area contributed by atoms with E-state index in [0.29, 0.717) is 5.66 Å². The molecule has 0 fully saturated rings. The average Bonchev–Trinajstić information content (AvgIpc) is 2.44. The van der Waals surface area contributed by atoms with Gasteiger partial charge in [-0.15, -0.1) is 0 Å². The van der Waals surface area contributed by atoms with Gasteiger partial charge < -0.3 is 0 Å². The third kappa shape index (κ3) is 4.31. The van der Waals surface area contributed by atoms with Crippen molar-refractivity contribution < 1.29 is 0 Å². The lowest BCUT2D eigenvalue weighted by Crippen LogP contribution is -2.23. The molecule has 0 heterocycles. The first kappa shape index (κ1) is 18.2. The van der Waals surface area contributed by atoms with E-state index in [2.05, 4.69) is 90.1 Å². The second kappa shape index (κ2) is 7.30. The highest BCUT2D eigenvalue weighted by molar-refractivity contribution is 7.73. The lowest BCUT2D eigenvalue weighted by molar-refractivity contribution is 0.955. The lowest BCUT2D eigenvalue weighted by Gasteiger charge is -2.30. The van der Waals surface area contributed by atoms with Crippen molar-refractivity contribution in [3.63, 3.8) is 0 Å². The first-order valence-corrected chi connectivity index (χ1v) is 10.5. The summed E-state index contributed by atoms with van der Waals surface area (Å²) in [6.07, 6.45) is 6.02. The molecule has 3 rings (SSSR count). The Balaban J connectivity index is 2.16. The summed E-state index contributed by atoms with van der Waals surface area (Å²) in [6, 6.07) is 14.2. The van der Waals surface area contributed by atoms with E-state index < -0.39 is 7.92 Å². The maximum absolute atomic E-state index is 2.51. The van der Waals surface area contributed by atoms with Gasteiger partial charge in [-0.3, -0.25) is 0 Å². The molecule has 0 spiro atoms. The van der Waals surface area contributed by atoms with Crippen molar-refractivity contribution in [3.8, 4) is 0 Å². The largest absolute Gasteiger partial charge is 0.0732 e. The Bertz CT molecular complexity index is 762. The monoisotopic (exact) mass is 348 g/mol. The van der Waals surface area contributed by atoms with Crippen molar-refractivity contribution >= 4 is 18.5 Å². The summed E-state index contributed by atoms with van der Waals surface area (Å²) in [5.74, 6) is 0. The summed E-state index contributed by atoms with van der Waals surface area (Å²) in [5, 5.41) is 3.03. The molecule has 0 aromatic heterocycles. The van der Waals surface area contributed by atoms with Crippen molar-refractivity contribution in [2.75, 3.05) is 0 Å². The van der Waals surface area contributed by atoms with E-state index in [0.717, 1.165) is 0 Å². The second-order valence-corrected chi connectivity index (χ2v) is 10.2. The Labute approximate surface area is 154 Å². The summed E-state index contributed by atoms with van der Waals surface area (Å²) in [4.78, 5) is 0. The Morgan fingerprint density at radius 2 is 1.12 bits per heavy atom. The average molecular weight is 348 g/mol. The van der Waals surface area contributed by atoms with Gasteiger partial charge in [-0.05, 0) is 66.5 Å². The summed E-state index contributed by atoms with van der Waals surface area (Å²) in [6.45, 7) is 13.4. The van der Waals surface area contributed by atoms with E-state index in [1.807, 2.05) is 0 Å². The zero-order chi connectivity index (χ0) is 18.1. The molecule has 1 unspecified atom stereocenters. The molecule has 1 atom stereocenters. The third-order valence-corrected chi connectivity index (χ3v) is 7.39. The molecule has 1 aliphatic carbocycles. The molecule has 0 nitrogen and oxygen atoms in total. The van der Waals surface area contributed by atoms with Crippen molar-refractivity contribution in [2.24, 2.45) is 0 Å². The van der Waals surface area contributed by atoms with Crippen LogP contribution in [0.4, 0.5) is 0 Å². The van der Waals surface area contributed by atoms with Gasteiger partial charge in [-0.25, -0.2) is 0 Å². The second-order valence-electron chi connectivity index (χ2n) is 7.73. The van der Waals surface area contributed by atoms with Gasteiger partial charge >= 0.3 is 0 Å². The standard InChI is InChI=1S/C24H29P/c1-16-7-17(2)11-22(10-16)25(23-12-18(3)8-19(4)13-23)24-14-20(5)9-21(6)15-24/h7-14,24H,15H2,1-6H3. The van der Waals surface area contributed by atoms with Gasteiger partial charge in [0.15, 0.2) is 0 Å². The van der Waals surface area contributed by atoms with Crippen LogP contribution in [0.2, 0.25) is 0 Å². The molecular formula is C24H29P. The van der Waals surface area contributed by atoms with Gasteiger partial charge in [0, 0.05) is 5.66 Å². The Kier molecular flexibility index (Phi) is 5.30. The zero-order valence-electron chi connectivity index (χ0n) is 16.4. The minimum Gasteiger partial charge on any atom is -0.0732 e. The summed E-state index contributed by atoms with van der Waals surface area (Å²) in [5.41, 5.74) is 8.99. The smallest absolute Gasteiger partial charge is 0.00935 e. The predicted molar refractivity (Wildman–Crippen MR) is 114 cm³/mol. The SMILES string of the molecule is CC1=CC(P(c2cc(C)cc(C)c2)c2cc(C)cc(C)c2)CC(C)=C1. The number of rotatable bonds is 3.